The van der Waals surface area contributed by atoms with Gasteiger partial charge in [0, 0.05) is 12.1 Å². The summed E-state index contributed by atoms with van der Waals surface area (Å²) in [5, 5.41) is 4.15. The normalized spacial score (nSPS) is 18.9. The summed E-state index contributed by atoms with van der Waals surface area (Å²) in [7, 11) is 3.26. The Kier molecular flexibility index (Phi) is 4.76. The summed E-state index contributed by atoms with van der Waals surface area (Å²) in [6.45, 7) is 6.61. The highest BCUT2D eigenvalue weighted by molar-refractivity contribution is 6.10. The van der Waals surface area contributed by atoms with E-state index in [0.29, 0.717) is 46.3 Å². The van der Waals surface area contributed by atoms with Gasteiger partial charge in [-0.1, -0.05) is 0 Å². The van der Waals surface area contributed by atoms with Crippen LogP contribution in [0.15, 0.2) is 22.9 Å². The van der Waals surface area contributed by atoms with Crippen molar-refractivity contribution >= 4 is 22.8 Å². The van der Waals surface area contributed by atoms with Crippen LogP contribution in [0.2, 0.25) is 0 Å². The third-order valence-corrected chi connectivity index (χ3v) is 6.74. The molecular formula is C24H28N4O4. The van der Waals surface area contributed by atoms with Crippen molar-refractivity contribution in [1.82, 2.24) is 14.9 Å². The average molecular weight is 437 g/mol. The van der Waals surface area contributed by atoms with Crippen molar-refractivity contribution in [2.75, 3.05) is 26.1 Å². The first-order chi connectivity index (χ1) is 15.3. The molecule has 1 aliphatic heterocycles. The standard InChI is InChI=1S/C24H28N4O4/c1-13-16-11-18(31-5)17(30-4)10-15(16)6-9-28(13)23(29)19-14(2)32-22-20(19)21(25-12-26-22)27-24(3)7-8-24/h10-13H,6-9H2,1-5H3,(H,25,26,27). The first kappa shape index (κ1) is 20.6. The van der Waals surface area contributed by atoms with Crippen molar-refractivity contribution in [3.63, 3.8) is 0 Å². The Labute approximate surface area is 186 Å². The van der Waals surface area contributed by atoms with Crippen LogP contribution in [0.4, 0.5) is 5.82 Å². The van der Waals surface area contributed by atoms with E-state index in [1.54, 1.807) is 14.2 Å². The van der Waals surface area contributed by atoms with Crippen molar-refractivity contribution in [2.24, 2.45) is 0 Å². The van der Waals surface area contributed by atoms with E-state index < -0.39 is 0 Å². The quantitative estimate of drug-likeness (QED) is 0.639. The van der Waals surface area contributed by atoms with Crippen LogP contribution >= 0.6 is 0 Å². The van der Waals surface area contributed by atoms with E-state index in [9.17, 15) is 4.79 Å². The van der Waals surface area contributed by atoms with Gasteiger partial charge in [-0.05, 0) is 63.3 Å². The molecule has 1 unspecified atom stereocenters. The van der Waals surface area contributed by atoms with E-state index in [4.69, 9.17) is 13.9 Å². The van der Waals surface area contributed by atoms with Crippen LogP contribution in [0.5, 0.6) is 11.5 Å². The summed E-state index contributed by atoms with van der Waals surface area (Å²) in [5.41, 5.74) is 3.21. The molecule has 5 rings (SSSR count). The van der Waals surface area contributed by atoms with Crippen LogP contribution in [0.1, 0.15) is 60.0 Å². The number of fused-ring (bicyclic) bond motifs is 2. The van der Waals surface area contributed by atoms with Crippen molar-refractivity contribution in [1.29, 1.82) is 0 Å². The molecule has 0 spiro atoms. The number of amides is 1. The molecule has 1 saturated carbocycles. The van der Waals surface area contributed by atoms with E-state index >= 15 is 0 Å². The molecule has 1 aromatic carbocycles. The molecule has 1 fully saturated rings. The van der Waals surface area contributed by atoms with Crippen LogP contribution < -0.4 is 14.8 Å². The molecule has 3 aromatic rings. The van der Waals surface area contributed by atoms with E-state index in [2.05, 4.69) is 22.2 Å². The molecule has 1 N–H and O–H groups in total. The van der Waals surface area contributed by atoms with Gasteiger partial charge in [0.2, 0.25) is 5.71 Å². The number of hydrogen-bond donors (Lipinski definition) is 1. The van der Waals surface area contributed by atoms with Crippen LogP contribution in [0.25, 0.3) is 11.1 Å². The van der Waals surface area contributed by atoms with Gasteiger partial charge >= 0.3 is 0 Å². The molecule has 168 valence electrons. The lowest BCUT2D eigenvalue weighted by Gasteiger charge is -2.35. The van der Waals surface area contributed by atoms with E-state index in [-0.39, 0.29) is 17.5 Å². The minimum absolute atomic E-state index is 0.0136. The van der Waals surface area contributed by atoms with Crippen LogP contribution in [0, 0.1) is 6.92 Å². The van der Waals surface area contributed by atoms with Gasteiger partial charge < -0.3 is 24.1 Å². The zero-order chi connectivity index (χ0) is 22.6. The molecule has 0 radical (unpaired) electrons. The highest BCUT2D eigenvalue weighted by atomic mass is 16.5. The maximum absolute atomic E-state index is 13.9. The van der Waals surface area contributed by atoms with Crippen LogP contribution in [-0.4, -0.2) is 47.1 Å². The number of anilines is 1. The molecule has 0 saturated heterocycles. The lowest BCUT2D eigenvalue weighted by Crippen LogP contribution is -2.39. The molecular weight excluding hydrogens is 408 g/mol. The SMILES string of the molecule is COc1cc2c(cc1OC)C(C)N(C(=O)c1c(C)oc3ncnc(NC4(C)CC4)c13)CC2. The Morgan fingerprint density at radius 1 is 1.22 bits per heavy atom. The van der Waals surface area contributed by atoms with E-state index in [1.807, 2.05) is 30.9 Å². The largest absolute Gasteiger partial charge is 0.493 e. The number of aryl methyl sites for hydroxylation is 1. The number of ether oxygens (including phenoxy) is 2. The monoisotopic (exact) mass is 436 g/mol. The van der Waals surface area contributed by atoms with Crippen molar-refractivity contribution < 1.29 is 18.7 Å². The number of carbonyl (C=O) groups is 1. The van der Waals surface area contributed by atoms with Gasteiger partial charge in [-0.2, -0.15) is 0 Å². The summed E-state index contributed by atoms with van der Waals surface area (Å²) < 4.78 is 16.8. The second-order valence-electron chi connectivity index (χ2n) is 8.95. The van der Waals surface area contributed by atoms with E-state index in [1.165, 1.54) is 11.9 Å². The van der Waals surface area contributed by atoms with Crippen molar-refractivity contribution in [3.8, 4) is 11.5 Å². The Morgan fingerprint density at radius 2 is 1.94 bits per heavy atom. The summed E-state index contributed by atoms with van der Waals surface area (Å²) in [4.78, 5) is 24.5. The highest BCUT2D eigenvalue weighted by Crippen LogP contribution is 2.42. The third kappa shape index (κ3) is 3.25. The molecule has 3 heterocycles. The summed E-state index contributed by atoms with van der Waals surface area (Å²) in [6, 6.07) is 3.86. The van der Waals surface area contributed by atoms with Gasteiger partial charge in [0.1, 0.15) is 17.9 Å². The maximum Gasteiger partial charge on any atom is 0.258 e. The van der Waals surface area contributed by atoms with E-state index in [0.717, 1.165) is 24.8 Å². The first-order valence-electron chi connectivity index (χ1n) is 10.9. The molecule has 1 aliphatic carbocycles. The molecule has 1 amide bonds. The molecule has 8 nitrogen and oxygen atoms in total. The van der Waals surface area contributed by atoms with Gasteiger partial charge in [0.25, 0.3) is 5.91 Å². The molecule has 8 heteroatoms. The molecule has 0 bridgehead atoms. The Bertz CT molecular complexity index is 1210. The first-order valence-corrected chi connectivity index (χ1v) is 10.9. The second kappa shape index (κ2) is 7.39. The number of nitrogens with one attached hydrogen (secondary N) is 1. The number of carbonyl (C=O) groups excluding carboxylic acids is 1. The molecule has 32 heavy (non-hydrogen) atoms. The smallest absolute Gasteiger partial charge is 0.258 e. The summed E-state index contributed by atoms with van der Waals surface area (Å²) >= 11 is 0. The lowest BCUT2D eigenvalue weighted by molar-refractivity contribution is 0.0677. The van der Waals surface area contributed by atoms with Crippen LogP contribution in [-0.2, 0) is 6.42 Å². The summed E-state index contributed by atoms with van der Waals surface area (Å²) in [6.07, 6.45) is 4.36. The van der Waals surface area contributed by atoms with Gasteiger partial charge in [-0.3, -0.25) is 4.79 Å². The summed E-state index contributed by atoms with van der Waals surface area (Å²) in [5.74, 6) is 2.51. The fourth-order valence-corrected chi connectivity index (χ4v) is 4.56. The van der Waals surface area contributed by atoms with Crippen LogP contribution in [0.3, 0.4) is 0 Å². The maximum atomic E-state index is 13.9. The molecule has 2 aromatic heterocycles. The highest BCUT2D eigenvalue weighted by Gasteiger charge is 2.39. The minimum Gasteiger partial charge on any atom is -0.493 e. The lowest BCUT2D eigenvalue weighted by atomic mass is 9.92. The topological polar surface area (TPSA) is 89.7 Å². The van der Waals surface area contributed by atoms with Gasteiger partial charge in [0.15, 0.2) is 11.5 Å². The Balaban J connectivity index is 1.54. The number of nitrogens with zero attached hydrogens (tertiary/aromatic N) is 3. The number of rotatable bonds is 5. The zero-order valence-corrected chi connectivity index (χ0v) is 19.1. The number of methoxy groups -OCH3 is 2. The Hall–Kier alpha value is -3.29. The average Bonchev–Trinajstić information content (AvgIpc) is 3.40. The van der Waals surface area contributed by atoms with Crippen molar-refractivity contribution in [2.45, 2.75) is 51.6 Å². The number of hydrogen-bond acceptors (Lipinski definition) is 7. The number of aromatic nitrogens is 2. The zero-order valence-electron chi connectivity index (χ0n) is 19.1. The number of furan rings is 1. The van der Waals surface area contributed by atoms with Gasteiger partial charge in [-0.15, -0.1) is 0 Å². The minimum atomic E-state index is -0.127. The Morgan fingerprint density at radius 3 is 2.62 bits per heavy atom. The third-order valence-electron chi connectivity index (χ3n) is 6.74. The fourth-order valence-electron chi connectivity index (χ4n) is 4.56. The second-order valence-corrected chi connectivity index (χ2v) is 8.95. The molecule has 1 atom stereocenters. The van der Waals surface area contributed by atoms with Gasteiger partial charge in [-0.25, -0.2) is 9.97 Å². The molecule has 2 aliphatic rings. The van der Waals surface area contributed by atoms with Gasteiger partial charge in [0.05, 0.1) is 31.2 Å². The fraction of sp³-hybridized carbons (Fsp3) is 0.458. The predicted octanol–water partition coefficient (Wildman–Crippen LogP) is 4.27. The van der Waals surface area contributed by atoms with Crippen molar-refractivity contribution in [3.05, 3.63) is 40.9 Å². The number of benzene rings is 1. The predicted molar refractivity (Wildman–Crippen MR) is 121 cm³/mol.